The van der Waals surface area contributed by atoms with Crippen LogP contribution >= 0.6 is 0 Å². The molecule has 0 saturated carbocycles. The van der Waals surface area contributed by atoms with E-state index in [1.54, 1.807) is 13.0 Å². The molecule has 0 atom stereocenters. The van der Waals surface area contributed by atoms with Crippen molar-refractivity contribution in [3.63, 3.8) is 0 Å². The zero-order valence-corrected chi connectivity index (χ0v) is 12.7. The van der Waals surface area contributed by atoms with Gasteiger partial charge in [0.2, 0.25) is 0 Å². The average molecular weight is 314 g/mol. The minimum Gasteiger partial charge on any atom is -0.466 e. The highest BCUT2D eigenvalue weighted by atomic mass is 19.1. The highest BCUT2D eigenvalue weighted by Gasteiger charge is 2.18. The Balaban J connectivity index is 1.88. The third kappa shape index (κ3) is 3.16. The second-order valence-corrected chi connectivity index (χ2v) is 5.41. The molecule has 1 aliphatic carbocycles. The molecule has 0 bridgehead atoms. The summed E-state index contributed by atoms with van der Waals surface area (Å²) in [6, 6.07) is 8.88. The first-order chi connectivity index (χ1) is 11.1. The number of esters is 1. The van der Waals surface area contributed by atoms with Crippen LogP contribution < -0.4 is 0 Å². The third-order valence-corrected chi connectivity index (χ3v) is 3.90. The summed E-state index contributed by atoms with van der Waals surface area (Å²) in [4.78, 5) is 11.6. The summed E-state index contributed by atoms with van der Waals surface area (Å²) in [5.41, 5.74) is 3.77. The summed E-state index contributed by atoms with van der Waals surface area (Å²) in [6.45, 7) is 2.13. The minimum atomic E-state index is -0.469. The van der Waals surface area contributed by atoms with Crippen LogP contribution in [0.25, 0.3) is 16.7 Å². The number of benzene rings is 2. The summed E-state index contributed by atoms with van der Waals surface area (Å²) >= 11 is 0. The van der Waals surface area contributed by atoms with Gasteiger partial charge in [0.25, 0.3) is 0 Å². The van der Waals surface area contributed by atoms with Gasteiger partial charge >= 0.3 is 5.97 Å². The van der Waals surface area contributed by atoms with Crippen LogP contribution in [0.1, 0.15) is 24.5 Å². The zero-order valence-electron chi connectivity index (χ0n) is 12.7. The van der Waals surface area contributed by atoms with Crippen LogP contribution in [0.15, 0.2) is 42.5 Å². The lowest BCUT2D eigenvalue weighted by molar-refractivity contribution is -0.141. The molecule has 1 aliphatic rings. The van der Waals surface area contributed by atoms with E-state index in [4.69, 9.17) is 4.74 Å². The molecule has 0 amide bonds. The van der Waals surface area contributed by atoms with E-state index in [0.29, 0.717) is 18.6 Å². The Morgan fingerprint density at radius 1 is 1.13 bits per heavy atom. The van der Waals surface area contributed by atoms with Crippen molar-refractivity contribution in [1.29, 1.82) is 0 Å². The van der Waals surface area contributed by atoms with E-state index in [9.17, 15) is 13.6 Å². The van der Waals surface area contributed by atoms with Crippen molar-refractivity contribution in [3.8, 4) is 11.1 Å². The molecule has 0 aliphatic heterocycles. The van der Waals surface area contributed by atoms with Crippen LogP contribution in [-0.2, 0) is 16.0 Å². The Morgan fingerprint density at radius 2 is 1.96 bits per heavy atom. The fourth-order valence-electron chi connectivity index (χ4n) is 2.84. The quantitative estimate of drug-likeness (QED) is 0.775. The van der Waals surface area contributed by atoms with Crippen LogP contribution in [0.4, 0.5) is 8.78 Å². The predicted octanol–water partition coefficient (Wildman–Crippen LogP) is 4.52. The smallest absolute Gasteiger partial charge is 0.310 e. The maximum Gasteiger partial charge on any atom is 0.310 e. The second-order valence-electron chi connectivity index (χ2n) is 5.41. The number of ether oxygens (including phenoxy) is 1. The van der Waals surface area contributed by atoms with Crippen molar-refractivity contribution < 1.29 is 18.3 Å². The number of hydrogen-bond acceptors (Lipinski definition) is 2. The predicted molar refractivity (Wildman–Crippen MR) is 84.7 cm³/mol. The third-order valence-electron chi connectivity index (χ3n) is 3.90. The monoisotopic (exact) mass is 314 g/mol. The molecule has 2 nitrogen and oxygen atoms in total. The Morgan fingerprint density at radius 3 is 2.74 bits per heavy atom. The number of hydrogen-bond donors (Lipinski definition) is 0. The SMILES string of the molecule is CCOC(=O)CC1=CCc2cc(-c3cc(F)ccc3F)ccc21. The van der Waals surface area contributed by atoms with Crippen LogP contribution in [-0.4, -0.2) is 12.6 Å². The van der Waals surface area contributed by atoms with Crippen molar-refractivity contribution in [1.82, 2.24) is 0 Å². The fourth-order valence-corrected chi connectivity index (χ4v) is 2.84. The lowest BCUT2D eigenvalue weighted by Gasteiger charge is -2.09. The number of carbonyl (C=O) groups is 1. The summed E-state index contributed by atoms with van der Waals surface area (Å²) in [7, 11) is 0. The highest BCUT2D eigenvalue weighted by Crippen LogP contribution is 2.34. The molecule has 0 fully saturated rings. The first-order valence-electron chi connectivity index (χ1n) is 7.52. The zero-order chi connectivity index (χ0) is 16.4. The van der Waals surface area contributed by atoms with Crippen molar-refractivity contribution in [2.75, 3.05) is 6.61 Å². The Labute approximate surface area is 133 Å². The number of halogens is 2. The van der Waals surface area contributed by atoms with Crippen molar-refractivity contribution in [2.24, 2.45) is 0 Å². The maximum atomic E-state index is 13.9. The van der Waals surface area contributed by atoms with E-state index in [0.717, 1.165) is 28.8 Å². The molecular formula is C19H16F2O2. The second kappa shape index (κ2) is 6.32. The topological polar surface area (TPSA) is 26.3 Å². The maximum absolute atomic E-state index is 13.9. The first-order valence-corrected chi connectivity index (χ1v) is 7.52. The molecular weight excluding hydrogens is 298 g/mol. The number of rotatable bonds is 4. The van der Waals surface area contributed by atoms with E-state index in [-0.39, 0.29) is 18.0 Å². The molecule has 0 N–H and O–H groups in total. The minimum absolute atomic E-state index is 0.231. The van der Waals surface area contributed by atoms with Crippen LogP contribution in [0, 0.1) is 11.6 Å². The molecule has 2 aromatic carbocycles. The van der Waals surface area contributed by atoms with E-state index in [1.807, 2.05) is 18.2 Å². The lowest BCUT2D eigenvalue weighted by Crippen LogP contribution is -2.04. The molecule has 118 valence electrons. The molecule has 23 heavy (non-hydrogen) atoms. The number of carbonyl (C=O) groups excluding carboxylic acids is 1. The molecule has 2 aromatic rings. The van der Waals surface area contributed by atoms with Gasteiger partial charge in [0, 0.05) is 5.56 Å². The molecule has 0 saturated heterocycles. The van der Waals surface area contributed by atoms with Crippen molar-refractivity contribution in [3.05, 3.63) is 65.2 Å². The molecule has 3 rings (SSSR count). The van der Waals surface area contributed by atoms with Crippen LogP contribution in [0.3, 0.4) is 0 Å². The van der Waals surface area contributed by atoms with Gasteiger partial charge in [0.05, 0.1) is 13.0 Å². The molecule has 0 unspecified atom stereocenters. The summed E-state index contributed by atoms with van der Waals surface area (Å²) in [6.07, 6.45) is 2.89. The van der Waals surface area contributed by atoms with Crippen LogP contribution in [0.2, 0.25) is 0 Å². The van der Waals surface area contributed by atoms with Gasteiger partial charge in [-0.1, -0.05) is 24.3 Å². The summed E-state index contributed by atoms with van der Waals surface area (Å²) in [5.74, 6) is -1.18. The number of allylic oxidation sites excluding steroid dienone is 1. The first kappa shape index (κ1) is 15.4. The van der Waals surface area contributed by atoms with Gasteiger partial charge in [0.15, 0.2) is 0 Å². The summed E-state index contributed by atoms with van der Waals surface area (Å²) in [5, 5.41) is 0. The number of fused-ring (bicyclic) bond motifs is 1. The Kier molecular flexibility index (Phi) is 4.24. The average Bonchev–Trinajstić information content (AvgIpc) is 2.92. The molecule has 0 heterocycles. The normalized spacial score (nSPS) is 12.7. The van der Waals surface area contributed by atoms with E-state index >= 15 is 0 Å². The van der Waals surface area contributed by atoms with E-state index < -0.39 is 11.6 Å². The van der Waals surface area contributed by atoms with E-state index in [1.165, 1.54) is 6.07 Å². The van der Waals surface area contributed by atoms with Gasteiger partial charge < -0.3 is 4.74 Å². The molecule has 0 spiro atoms. The van der Waals surface area contributed by atoms with Gasteiger partial charge in [-0.2, -0.15) is 0 Å². The standard InChI is InChI=1S/C19H16F2O2/c1-2-23-19(22)10-14-4-3-12-9-13(5-7-16(12)14)17-11-15(20)6-8-18(17)21/h4-9,11H,2-3,10H2,1H3. The van der Waals surface area contributed by atoms with E-state index in [2.05, 4.69) is 0 Å². The molecule has 0 aromatic heterocycles. The van der Waals surface area contributed by atoms with Gasteiger partial charge in [-0.3, -0.25) is 4.79 Å². The van der Waals surface area contributed by atoms with Crippen molar-refractivity contribution >= 4 is 11.5 Å². The highest BCUT2D eigenvalue weighted by molar-refractivity contribution is 5.88. The lowest BCUT2D eigenvalue weighted by atomic mass is 9.97. The fraction of sp³-hybridized carbons (Fsp3) is 0.211. The molecule has 0 radical (unpaired) electrons. The molecule has 4 heteroatoms. The van der Waals surface area contributed by atoms with Crippen LogP contribution in [0.5, 0.6) is 0 Å². The Hall–Kier alpha value is -2.49. The summed E-state index contributed by atoms with van der Waals surface area (Å²) < 4.78 is 32.2. The van der Waals surface area contributed by atoms with Gasteiger partial charge in [-0.05, 0) is 53.8 Å². The van der Waals surface area contributed by atoms with Gasteiger partial charge in [0.1, 0.15) is 11.6 Å². The largest absolute Gasteiger partial charge is 0.466 e. The van der Waals surface area contributed by atoms with Crippen molar-refractivity contribution in [2.45, 2.75) is 19.8 Å². The Bertz CT molecular complexity index is 794. The van der Waals surface area contributed by atoms with Gasteiger partial charge in [-0.25, -0.2) is 8.78 Å². The van der Waals surface area contributed by atoms with Gasteiger partial charge in [-0.15, -0.1) is 0 Å².